The first-order valence-electron chi connectivity index (χ1n) is 14.4. The van der Waals surface area contributed by atoms with Crippen molar-refractivity contribution in [2.45, 2.75) is 71.4 Å². The van der Waals surface area contributed by atoms with E-state index in [0.29, 0.717) is 0 Å². The molecular formula is C31H43N5O. The van der Waals surface area contributed by atoms with Crippen LogP contribution in [0.1, 0.15) is 63.0 Å². The summed E-state index contributed by atoms with van der Waals surface area (Å²) in [6, 6.07) is 17.7. The largest absolute Gasteiger partial charge is 0.356 e. The topological polar surface area (TPSA) is 53.4 Å². The number of para-hydroxylation sites is 2. The van der Waals surface area contributed by atoms with Gasteiger partial charge in [-0.25, -0.2) is 4.98 Å². The number of amides is 1. The third-order valence-electron chi connectivity index (χ3n) is 8.51. The highest BCUT2D eigenvalue weighted by molar-refractivity contribution is 5.80. The average Bonchev–Trinajstić information content (AvgIpc) is 3.31. The number of fused-ring (bicyclic) bond motifs is 1. The Bertz CT molecular complexity index is 1180. The molecule has 2 saturated heterocycles. The number of likely N-dealkylation sites (tertiary alicyclic amines) is 1. The number of nitrogens with zero attached hydrogens (tertiary/aromatic N) is 4. The maximum Gasteiger partial charge on any atom is 0.223 e. The Kier molecular flexibility index (Phi) is 8.45. The van der Waals surface area contributed by atoms with E-state index in [9.17, 15) is 4.79 Å². The fourth-order valence-electron chi connectivity index (χ4n) is 6.21. The number of hydrogen-bond acceptors (Lipinski definition) is 4. The number of aromatic nitrogens is 2. The fraction of sp³-hybridized carbons (Fsp3) is 0.548. The van der Waals surface area contributed by atoms with Crippen molar-refractivity contribution >= 4 is 22.9 Å². The average molecular weight is 502 g/mol. The molecule has 2 fully saturated rings. The molecule has 6 nitrogen and oxygen atoms in total. The molecule has 1 N–H and O–H groups in total. The van der Waals surface area contributed by atoms with Crippen molar-refractivity contribution in [3.05, 3.63) is 59.7 Å². The summed E-state index contributed by atoms with van der Waals surface area (Å²) >= 11 is 0. The van der Waals surface area contributed by atoms with Gasteiger partial charge in [-0.3, -0.25) is 4.79 Å². The number of rotatable bonds is 9. The molecule has 0 saturated carbocycles. The lowest BCUT2D eigenvalue weighted by atomic mass is 9.96. The molecule has 2 aliphatic rings. The molecule has 0 radical (unpaired) electrons. The van der Waals surface area contributed by atoms with Gasteiger partial charge in [-0.05, 0) is 75.3 Å². The second-order valence-corrected chi connectivity index (χ2v) is 10.9. The maximum atomic E-state index is 12.9. The zero-order valence-electron chi connectivity index (χ0n) is 22.7. The second kappa shape index (κ2) is 12.1. The number of anilines is 1. The summed E-state index contributed by atoms with van der Waals surface area (Å²) in [6.45, 7) is 10.1. The van der Waals surface area contributed by atoms with Gasteiger partial charge in [0.1, 0.15) is 0 Å². The van der Waals surface area contributed by atoms with Gasteiger partial charge in [-0.2, -0.15) is 0 Å². The van der Waals surface area contributed by atoms with Crippen LogP contribution < -0.4 is 10.2 Å². The van der Waals surface area contributed by atoms with Crippen molar-refractivity contribution < 1.29 is 4.79 Å². The maximum absolute atomic E-state index is 12.9. The number of hydrogen-bond donors (Lipinski definition) is 1. The quantitative estimate of drug-likeness (QED) is 0.400. The van der Waals surface area contributed by atoms with E-state index in [4.69, 9.17) is 4.98 Å². The summed E-state index contributed by atoms with van der Waals surface area (Å²) < 4.78 is 2.35. The van der Waals surface area contributed by atoms with E-state index in [1.807, 2.05) is 0 Å². The van der Waals surface area contributed by atoms with Crippen LogP contribution in [0.5, 0.6) is 0 Å². The van der Waals surface area contributed by atoms with Gasteiger partial charge in [0.15, 0.2) is 0 Å². The van der Waals surface area contributed by atoms with Gasteiger partial charge < -0.3 is 19.7 Å². The monoisotopic (exact) mass is 501 g/mol. The summed E-state index contributed by atoms with van der Waals surface area (Å²) in [7, 11) is 0. The molecule has 0 bridgehead atoms. The van der Waals surface area contributed by atoms with Crippen LogP contribution in [0.3, 0.4) is 0 Å². The highest BCUT2D eigenvalue weighted by Gasteiger charge is 2.28. The molecule has 6 heteroatoms. The van der Waals surface area contributed by atoms with Crippen LogP contribution in [0.2, 0.25) is 0 Å². The third kappa shape index (κ3) is 6.01. The Morgan fingerprint density at radius 3 is 2.59 bits per heavy atom. The lowest BCUT2D eigenvalue weighted by Crippen LogP contribution is -2.43. The predicted molar refractivity (Wildman–Crippen MR) is 152 cm³/mol. The first kappa shape index (κ1) is 25.8. The Morgan fingerprint density at radius 1 is 1.00 bits per heavy atom. The summed E-state index contributed by atoms with van der Waals surface area (Å²) in [5.41, 5.74) is 4.81. The summed E-state index contributed by atoms with van der Waals surface area (Å²) in [4.78, 5) is 23.0. The predicted octanol–water partition coefficient (Wildman–Crippen LogP) is 5.38. The van der Waals surface area contributed by atoms with Gasteiger partial charge in [-0.1, -0.05) is 49.7 Å². The van der Waals surface area contributed by atoms with Crippen LogP contribution in [0.4, 0.5) is 5.95 Å². The minimum absolute atomic E-state index is 0.101. The Balaban J connectivity index is 1.17. The van der Waals surface area contributed by atoms with Gasteiger partial charge in [0.05, 0.1) is 17.6 Å². The number of aryl methyl sites for hydroxylation is 1. The van der Waals surface area contributed by atoms with Crippen molar-refractivity contribution in [3.63, 3.8) is 0 Å². The molecule has 3 aromatic rings. The van der Waals surface area contributed by atoms with Crippen LogP contribution >= 0.6 is 0 Å². The fourth-order valence-corrected chi connectivity index (χ4v) is 6.21. The van der Waals surface area contributed by atoms with E-state index in [0.717, 1.165) is 69.5 Å². The van der Waals surface area contributed by atoms with Crippen LogP contribution in [-0.2, 0) is 11.3 Å². The van der Waals surface area contributed by atoms with E-state index in [-0.39, 0.29) is 11.8 Å². The van der Waals surface area contributed by atoms with Crippen molar-refractivity contribution in [3.8, 4) is 0 Å². The SMILES string of the molecule is CC[C@@H]1CCCCN1CCCNC(=O)C1CCN(c2nc3ccccc3n2Cc2ccccc2C)CC1. The minimum atomic E-state index is 0.101. The lowest BCUT2D eigenvalue weighted by Gasteiger charge is -2.35. The van der Waals surface area contributed by atoms with Gasteiger partial charge in [0.25, 0.3) is 0 Å². The van der Waals surface area contributed by atoms with Crippen LogP contribution in [0.25, 0.3) is 11.0 Å². The Labute approximate surface area is 222 Å². The molecule has 2 aliphatic heterocycles. The van der Waals surface area contributed by atoms with E-state index >= 15 is 0 Å². The molecule has 0 aliphatic carbocycles. The van der Waals surface area contributed by atoms with E-state index < -0.39 is 0 Å². The van der Waals surface area contributed by atoms with Gasteiger partial charge >= 0.3 is 0 Å². The molecule has 0 unspecified atom stereocenters. The molecule has 1 atom stereocenters. The molecule has 1 amide bonds. The Hall–Kier alpha value is -2.86. The number of carbonyl (C=O) groups is 1. The first-order chi connectivity index (χ1) is 18.1. The number of nitrogens with one attached hydrogen (secondary N) is 1. The molecule has 1 aromatic heterocycles. The van der Waals surface area contributed by atoms with E-state index in [1.165, 1.54) is 48.9 Å². The van der Waals surface area contributed by atoms with Gasteiger partial charge in [0, 0.05) is 38.1 Å². The Morgan fingerprint density at radius 2 is 1.78 bits per heavy atom. The smallest absolute Gasteiger partial charge is 0.223 e. The van der Waals surface area contributed by atoms with Crippen molar-refractivity contribution in [2.75, 3.05) is 37.6 Å². The standard InChI is InChI=1S/C31H43N5O/c1-3-27-13-8-9-19-34(27)20-10-18-32-30(37)25-16-21-35(22-17-25)31-33-28-14-6-7-15-29(28)36(31)23-26-12-5-4-11-24(26)2/h4-7,11-12,14-15,25,27H,3,8-10,13,16-23H2,1-2H3,(H,32,37)/t27-/m1/s1. The highest BCUT2D eigenvalue weighted by Crippen LogP contribution is 2.28. The lowest BCUT2D eigenvalue weighted by molar-refractivity contribution is -0.125. The molecule has 37 heavy (non-hydrogen) atoms. The molecule has 5 rings (SSSR count). The zero-order chi connectivity index (χ0) is 25.6. The summed E-state index contributed by atoms with van der Waals surface area (Å²) in [6.07, 6.45) is 8.06. The second-order valence-electron chi connectivity index (χ2n) is 10.9. The third-order valence-corrected chi connectivity index (χ3v) is 8.51. The van der Waals surface area contributed by atoms with Crippen LogP contribution in [0, 0.1) is 12.8 Å². The molecular weight excluding hydrogens is 458 g/mol. The molecule has 198 valence electrons. The minimum Gasteiger partial charge on any atom is -0.356 e. The number of imidazole rings is 1. The first-order valence-corrected chi connectivity index (χ1v) is 14.4. The van der Waals surface area contributed by atoms with E-state index in [1.54, 1.807) is 0 Å². The van der Waals surface area contributed by atoms with Crippen molar-refractivity contribution in [2.24, 2.45) is 5.92 Å². The number of benzene rings is 2. The van der Waals surface area contributed by atoms with Crippen molar-refractivity contribution in [1.82, 2.24) is 19.8 Å². The van der Waals surface area contributed by atoms with Gasteiger partial charge in [0.2, 0.25) is 11.9 Å². The van der Waals surface area contributed by atoms with Crippen LogP contribution in [-0.4, -0.2) is 59.1 Å². The molecule has 2 aromatic carbocycles. The number of carbonyl (C=O) groups excluding carboxylic acids is 1. The van der Waals surface area contributed by atoms with Gasteiger partial charge in [-0.15, -0.1) is 0 Å². The normalized spacial score (nSPS) is 19.4. The van der Waals surface area contributed by atoms with Crippen molar-refractivity contribution in [1.29, 1.82) is 0 Å². The number of piperidine rings is 2. The van der Waals surface area contributed by atoms with E-state index in [2.05, 4.69) is 82.1 Å². The summed E-state index contributed by atoms with van der Waals surface area (Å²) in [5.74, 6) is 1.36. The highest BCUT2D eigenvalue weighted by atomic mass is 16.1. The molecule has 3 heterocycles. The summed E-state index contributed by atoms with van der Waals surface area (Å²) in [5, 5.41) is 3.25. The van der Waals surface area contributed by atoms with Crippen LogP contribution in [0.15, 0.2) is 48.5 Å². The molecule has 0 spiro atoms. The zero-order valence-corrected chi connectivity index (χ0v) is 22.7.